The number of carbonyl (C=O) groups is 1. The van der Waals surface area contributed by atoms with Gasteiger partial charge in [-0.2, -0.15) is 13.2 Å². The highest BCUT2D eigenvalue weighted by molar-refractivity contribution is 5.68. The number of hydrogen-bond donors (Lipinski definition) is 1. The lowest BCUT2D eigenvalue weighted by atomic mass is 9.78. The van der Waals surface area contributed by atoms with E-state index >= 15 is 0 Å². The Labute approximate surface area is 206 Å². The molecule has 0 spiro atoms. The molecular formula is C29H38F3NO2. The number of aromatic nitrogens is 1. The minimum Gasteiger partial charge on any atom is -0.481 e. The number of fused-ring (bicyclic) bond motifs is 1. The van der Waals surface area contributed by atoms with Crippen LogP contribution in [0.4, 0.5) is 13.2 Å². The lowest BCUT2D eigenvalue weighted by molar-refractivity contribution is -0.138. The van der Waals surface area contributed by atoms with Gasteiger partial charge in [-0.3, -0.25) is 4.79 Å². The molecule has 0 saturated heterocycles. The number of carboxylic acid groups (broad SMARTS) is 1. The third-order valence-corrected chi connectivity index (χ3v) is 8.02. The first-order valence-corrected chi connectivity index (χ1v) is 13.3. The van der Waals surface area contributed by atoms with Crippen LogP contribution >= 0.6 is 0 Å². The highest BCUT2D eigenvalue weighted by Gasteiger charge is 2.34. The molecular weight excluding hydrogens is 451 g/mol. The fourth-order valence-electron chi connectivity index (χ4n) is 6.28. The van der Waals surface area contributed by atoms with Crippen molar-refractivity contribution in [3.05, 3.63) is 58.4 Å². The number of rotatable bonds is 8. The summed E-state index contributed by atoms with van der Waals surface area (Å²) in [6.45, 7) is 4.32. The van der Waals surface area contributed by atoms with E-state index in [0.29, 0.717) is 11.8 Å². The van der Waals surface area contributed by atoms with Gasteiger partial charge in [0.05, 0.1) is 18.0 Å². The molecule has 2 aromatic rings. The molecule has 1 fully saturated rings. The Morgan fingerprint density at radius 3 is 2.31 bits per heavy atom. The van der Waals surface area contributed by atoms with Crippen molar-refractivity contribution in [2.75, 3.05) is 0 Å². The normalized spacial score (nSPS) is 20.1. The first-order chi connectivity index (χ1) is 16.6. The summed E-state index contributed by atoms with van der Waals surface area (Å²) in [5, 5.41) is 9.66. The van der Waals surface area contributed by atoms with Crippen molar-refractivity contribution in [3.63, 3.8) is 0 Å². The molecule has 1 aromatic heterocycles. The van der Waals surface area contributed by atoms with Crippen LogP contribution in [0.1, 0.15) is 124 Å². The van der Waals surface area contributed by atoms with Crippen LogP contribution in [0.2, 0.25) is 0 Å². The number of alkyl halides is 3. The summed E-state index contributed by atoms with van der Waals surface area (Å²) in [5.41, 5.74) is 4.07. The second kappa shape index (κ2) is 10.8. The molecule has 2 aliphatic rings. The quantitative estimate of drug-likeness (QED) is 0.404. The first-order valence-electron chi connectivity index (χ1n) is 13.3. The molecule has 1 N–H and O–H groups in total. The lowest BCUT2D eigenvalue weighted by Crippen LogP contribution is -2.21. The maximum absolute atomic E-state index is 13.2. The van der Waals surface area contributed by atoms with Crippen LogP contribution in [0.25, 0.3) is 0 Å². The Bertz CT molecular complexity index is 1000. The van der Waals surface area contributed by atoms with Crippen LogP contribution in [0.5, 0.6) is 0 Å². The van der Waals surface area contributed by atoms with Gasteiger partial charge >= 0.3 is 12.1 Å². The number of nitrogens with zero attached hydrogens (tertiary/aromatic N) is 1. The van der Waals surface area contributed by atoms with Gasteiger partial charge in [0.15, 0.2) is 0 Å². The van der Waals surface area contributed by atoms with Crippen LogP contribution in [0.3, 0.4) is 0 Å². The van der Waals surface area contributed by atoms with Gasteiger partial charge in [-0.05, 0) is 85.6 Å². The first kappa shape index (κ1) is 25.8. The third-order valence-electron chi connectivity index (χ3n) is 8.02. The van der Waals surface area contributed by atoms with Crippen molar-refractivity contribution in [2.45, 2.75) is 109 Å². The summed E-state index contributed by atoms with van der Waals surface area (Å²) < 4.78 is 42.0. The fraction of sp³-hybridized carbons (Fsp3) is 0.621. The summed E-state index contributed by atoms with van der Waals surface area (Å²) in [6.07, 6.45) is 8.61. The lowest BCUT2D eigenvalue weighted by Gasteiger charge is -2.30. The Balaban J connectivity index is 1.82. The Morgan fingerprint density at radius 1 is 1.03 bits per heavy atom. The zero-order valence-corrected chi connectivity index (χ0v) is 20.9. The largest absolute Gasteiger partial charge is 0.481 e. The second-order valence-corrected chi connectivity index (χ2v) is 11.0. The summed E-state index contributed by atoms with van der Waals surface area (Å²) >= 11 is 0. The van der Waals surface area contributed by atoms with Crippen molar-refractivity contribution in [1.82, 2.24) is 4.57 Å². The highest BCUT2D eigenvalue weighted by Crippen LogP contribution is 2.45. The standard InChI is InChI=1S/C29H38F3NO2/c1-19(2)11-16-26(21-12-14-23(15-13-21)29(30,31)32)33-18-25(20-7-4-3-5-8-20)24-10-6-9-22(28(24)33)17-27(34)35/h12-15,18-20,22,26H,3-11,16-17H2,1-2H3,(H,34,35). The smallest absolute Gasteiger partial charge is 0.416 e. The molecule has 6 heteroatoms. The molecule has 0 amide bonds. The van der Waals surface area contributed by atoms with E-state index in [1.54, 1.807) is 12.1 Å². The predicted molar refractivity (Wildman–Crippen MR) is 132 cm³/mol. The zero-order chi connectivity index (χ0) is 25.2. The van der Waals surface area contributed by atoms with E-state index in [1.807, 2.05) is 0 Å². The molecule has 3 nitrogen and oxygen atoms in total. The van der Waals surface area contributed by atoms with E-state index in [9.17, 15) is 23.1 Å². The van der Waals surface area contributed by atoms with E-state index in [4.69, 9.17) is 0 Å². The van der Waals surface area contributed by atoms with Gasteiger partial charge in [-0.25, -0.2) is 0 Å². The molecule has 0 aliphatic heterocycles. The fourth-order valence-corrected chi connectivity index (χ4v) is 6.28. The van der Waals surface area contributed by atoms with Gasteiger partial charge in [-0.15, -0.1) is 0 Å². The highest BCUT2D eigenvalue weighted by atomic mass is 19.4. The molecule has 4 rings (SSSR count). The molecule has 192 valence electrons. The van der Waals surface area contributed by atoms with Gasteiger partial charge in [-0.1, -0.05) is 45.2 Å². The van der Waals surface area contributed by atoms with Gasteiger partial charge in [0.1, 0.15) is 0 Å². The molecule has 2 aliphatic carbocycles. The van der Waals surface area contributed by atoms with E-state index in [-0.39, 0.29) is 18.4 Å². The van der Waals surface area contributed by atoms with Crippen molar-refractivity contribution >= 4 is 5.97 Å². The van der Waals surface area contributed by atoms with Crippen molar-refractivity contribution < 1.29 is 23.1 Å². The Hall–Kier alpha value is -2.24. The summed E-state index contributed by atoms with van der Waals surface area (Å²) in [4.78, 5) is 11.8. The molecule has 2 unspecified atom stereocenters. The second-order valence-electron chi connectivity index (χ2n) is 11.0. The summed E-state index contributed by atoms with van der Waals surface area (Å²) in [5.74, 6) is 0.124. The topological polar surface area (TPSA) is 42.2 Å². The van der Waals surface area contributed by atoms with Gasteiger partial charge < -0.3 is 9.67 Å². The minimum absolute atomic E-state index is 0.0513. The van der Waals surface area contributed by atoms with Crippen molar-refractivity contribution in [3.8, 4) is 0 Å². The Kier molecular flexibility index (Phi) is 7.97. The molecule has 1 heterocycles. The van der Waals surface area contributed by atoms with Crippen molar-refractivity contribution in [2.24, 2.45) is 5.92 Å². The number of benzene rings is 1. The maximum atomic E-state index is 13.2. The number of aliphatic carboxylic acids is 1. The van der Waals surface area contributed by atoms with E-state index in [0.717, 1.165) is 56.2 Å². The van der Waals surface area contributed by atoms with Gasteiger partial charge in [0.25, 0.3) is 0 Å². The SMILES string of the molecule is CC(C)CCC(c1ccc(C(F)(F)F)cc1)n1cc(C2CCCCC2)c2c1C(CC(=O)O)CCC2. The molecule has 2 atom stereocenters. The maximum Gasteiger partial charge on any atom is 0.416 e. The van der Waals surface area contributed by atoms with Crippen LogP contribution in [-0.4, -0.2) is 15.6 Å². The summed E-state index contributed by atoms with van der Waals surface area (Å²) in [6, 6.07) is 5.51. The number of hydrogen-bond acceptors (Lipinski definition) is 1. The van der Waals surface area contributed by atoms with Crippen LogP contribution in [-0.2, 0) is 17.4 Å². The number of carboxylic acids is 1. The van der Waals surface area contributed by atoms with E-state index < -0.39 is 17.7 Å². The molecule has 0 bridgehead atoms. The Morgan fingerprint density at radius 2 is 1.71 bits per heavy atom. The van der Waals surface area contributed by atoms with Crippen LogP contribution in [0.15, 0.2) is 30.5 Å². The molecule has 35 heavy (non-hydrogen) atoms. The van der Waals surface area contributed by atoms with E-state index in [1.165, 1.54) is 42.5 Å². The monoisotopic (exact) mass is 489 g/mol. The molecule has 1 aromatic carbocycles. The average molecular weight is 490 g/mol. The average Bonchev–Trinajstić information content (AvgIpc) is 3.19. The molecule has 0 radical (unpaired) electrons. The summed E-state index contributed by atoms with van der Waals surface area (Å²) in [7, 11) is 0. The third kappa shape index (κ3) is 5.95. The van der Waals surface area contributed by atoms with Gasteiger partial charge in [0, 0.05) is 17.8 Å². The van der Waals surface area contributed by atoms with Crippen molar-refractivity contribution in [1.29, 1.82) is 0 Å². The van der Waals surface area contributed by atoms with E-state index in [2.05, 4.69) is 24.6 Å². The minimum atomic E-state index is -4.36. The number of halogens is 3. The zero-order valence-electron chi connectivity index (χ0n) is 20.9. The predicted octanol–water partition coefficient (Wildman–Crippen LogP) is 8.47. The van der Waals surface area contributed by atoms with Crippen LogP contribution < -0.4 is 0 Å². The van der Waals surface area contributed by atoms with Gasteiger partial charge in [0.2, 0.25) is 0 Å². The van der Waals surface area contributed by atoms with Crippen LogP contribution in [0, 0.1) is 5.92 Å². The molecule has 1 saturated carbocycles.